The summed E-state index contributed by atoms with van der Waals surface area (Å²) in [5.74, 6) is -0.743. The summed E-state index contributed by atoms with van der Waals surface area (Å²) >= 11 is 0. The summed E-state index contributed by atoms with van der Waals surface area (Å²) in [6, 6.07) is 8.12. The van der Waals surface area contributed by atoms with Crippen molar-refractivity contribution in [2.75, 3.05) is 7.11 Å². The highest BCUT2D eigenvalue weighted by molar-refractivity contribution is 5.86. The topological polar surface area (TPSA) is 85.0 Å². The average Bonchev–Trinajstić information content (AvgIpc) is 2.47. The van der Waals surface area contributed by atoms with Crippen LogP contribution in [0.25, 0.3) is 0 Å². The average molecular weight is 290 g/mol. The van der Waals surface area contributed by atoms with Gasteiger partial charge in [-0.05, 0) is 24.3 Å². The normalized spacial score (nSPS) is 10.8. The van der Waals surface area contributed by atoms with Crippen LogP contribution in [0.5, 0.6) is 11.5 Å². The van der Waals surface area contributed by atoms with E-state index >= 15 is 0 Å². The first-order valence-electron chi connectivity index (χ1n) is 5.87. The molecule has 21 heavy (non-hydrogen) atoms. The van der Waals surface area contributed by atoms with Gasteiger partial charge in [-0.15, -0.1) is 0 Å². The standard InChI is InChI=1S/C14H11FN2O4/c1-21-13-4-2-3-9(14(13)18)8-16-10-5-6-11(15)12(7-10)17(19)20/h2-8,18H,1H3. The Hall–Kier alpha value is -2.96. The van der Waals surface area contributed by atoms with E-state index in [4.69, 9.17) is 4.74 Å². The molecule has 0 aromatic heterocycles. The monoisotopic (exact) mass is 290 g/mol. The smallest absolute Gasteiger partial charge is 0.306 e. The molecule has 1 N–H and O–H groups in total. The summed E-state index contributed by atoms with van der Waals surface area (Å²) < 4.78 is 18.1. The third-order valence-corrected chi connectivity index (χ3v) is 2.73. The number of nitrogens with zero attached hydrogens (tertiary/aromatic N) is 2. The molecule has 0 saturated carbocycles. The highest BCUT2D eigenvalue weighted by Gasteiger charge is 2.14. The molecule has 0 radical (unpaired) electrons. The minimum absolute atomic E-state index is 0.0969. The lowest BCUT2D eigenvalue weighted by Crippen LogP contribution is -1.91. The van der Waals surface area contributed by atoms with Crippen molar-refractivity contribution in [2.24, 2.45) is 4.99 Å². The van der Waals surface area contributed by atoms with Gasteiger partial charge >= 0.3 is 5.69 Å². The van der Waals surface area contributed by atoms with E-state index in [1.807, 2.05) is 0 Å². The Morgan fingerprint density at radius 1 is 1.38 bits per heavy atom. The van der Waals surface area contributed by atoms with Gasteiger partial charge in [0.15, 0.2) is 11.5 Å². The van der Waals surface area contributed by atoms with Crippen molar-refractivity contribution in [3.8, 4) is 11.5 Å². The van der Waals surface area contributed by atoms with Crippen molar-refractivity contribution in [1.29, 1.82) is 0 Å². The van der Waals surface area contributed by atoms with Crippen LogP contribution >= 0.6 is 0 Å². The fourth-order valence-electron chi connectivity index (χ4n) is 1.67. The van der Waals surface area contributed by atoms with Crippen LogP contribution in [0, 0.1) is 15.9 Å². The number of nitro groups is 1. The first-order valence-corrected chi connectivity index (χ1v) is 5.87. The Labute approximate surface area is 119 Å². The number of aromatic hydroxyl groups is 1. The second-order valence-corrected chi connectivity index (χ2v) is 4.05. The Balaban J connectivity index is 2.34. The van der Waals surface area contributed by atoms with Gasteiger partial charge in [0.1, 0.15) is 0 Å². The van der Waals surface area contributed by atoms with E-state index in [0.717, 1.165) is 12.1 Å². The molecule has 0 heterocycles. The highest BCUT2D eigenvalue weighted by atomic mass is 19.1. The van der Waals surface area contributed by atoms with Crippen LogP contribution in [0.2, 0.25) is 0 Å². The van der Waals surface area contributed by atoms with Crippen LogP contribution in [0.1, 0.15) is 5.56 Å². The fourth-order valence-corrected chi connectivity index (χ4v) is 1.67. The molecule has 6 nitrogen and oxygen atoms in total. The molecule has 0 fully saturated rings. The third-order valence-electron chi connectivity index (χ3n) is 2.73. The number of ether oxygens (including phenoxy) is 1. The molecule has 0 aliphatic rings. The van der Waals surface area contributed by atoms with E-state index < -0.39 is 16.4 Å². The van der Waals surface area contributed by atoms with Gasteiger partial charge in [0.2, 0.25) is 5.82 Å². The maximum absolute atomic E-state index is 13.2. The predicted molar refractivity (Wildman–Crippen MR) is 75.0 cm³/mol. The molecule has 0 aliphatic heterocycles. The lowest BCUT2D eigenvalue weighted by atomic mass is 10.2. The van der Waals surface area contributed by atoms with E-state index in [0.29, 0.717) is 5.56 Å². The summed E-state index contributed by atoms with van der Waals surface area (Å²) in [7, 11) is 1.42. The number of methoxy groups -OCH3 is 1. The predicted octanol–water partition coefficient (Wildman–Crippen LogP) is 3.20. The lowest BCUT2D eigenvalue weighted by molar-refractivity contribution is -0.387. The molecule has 0 spiro atoms. The van der Waals surface area contributed by atoms with Gasteiger partial charge in [-0.25, -0.2) is 0 Å². The Kier molecular flexibility index (Phi) is 4.13. The number of hydrogen-bond acceptors (Lipinski definition) is 5. The maximum Gasteiger partial charge on any atom is 0.306 e. The molecular weight excluding hydrogens is 279 g/mol. The molecule has 108 valence electrons. The van der Waals surface area contributed by atoms with Gasteiger partial charge in [-0.2, -0.15) is 4.39 Å². The highest BCUT2D eigenvalue weighted by Crippen LogP contribution is 2.29. The van der Waals surface area contributed by atoms with E-state index in [9.17, 15) is 19.6 Å². The first kappa shape index (κ1) is 14.4. The third kappa shape index (κ3) is 3.14. The van der Waals surface area contributed by atoms with Crippen molar-refractivity contribution in [3.05, 3.63) is 57.9 Å². The number of phenols is 1. The minimum Gasteiger partial charge on any atom is -0.504 e. The second-order valence-electron chi connectivity index (χ2n) is 4.05. The minimum atomic E-state index is -0.928. The van der Waals surface area contributed by atoms with Crippen LogP contribution in [0.15, 0.2) is 41.4 Å². The Morgan fingerprint density at radius 3 is 2.81 bits per heavy atom. The number of hydrogen-bond donors (Lipinski definition) is 1. The van der Waals surface area contributed by atoms with Crippen molar-refractivity contribution in [1.82, 2.24) is 0 Å². The zero-order valence-corrected chi connectivity index (χ0v) is 11.0. The molecule has 0 aliphatic carbocycles. The molecule has 0 unspecified atom stereocenters. The number of aliphatic imine (C=N–C) groups is 1. The van der Waals surface area contributed by atoms with Gasteiger partial charge in [0, 0.05) is 17.8 Å². The molecule has 0 bridgehead atoms. The zero-order valence-electron chi connectivity index (χ0n) is 11.0. The molecule has 0 atom stereocenters. The summed E-state index contributed by atoms with van der Waals surface area (Å²) in [4.78, 5) is 13.8. The molecule has 2 rings (SSSR count). The maximum atomic E-state index is 13.2. The summed E-state index contributed by atoms with van der Waals surface area (Å²) in [6.45, 7) is 0. The van der Waals surface area contributed by atoms with Crippen molar-refractivity contribution in [3.63, 3.8) is 0 Å². The number of benzene rings is 2. The van der Waals surface area contributed by atoms with Crippen molar-refractivity contribution >= 4 is 17.6 Å². The van der Waals surface area contributed by atoms with Crippen molar-refractivity contribution < 1.29 is 19.2 Å². The van der Waals surface area contributed by atoms with Gasteiger partial charge < -0.3 is 9.84 Å². The van der Waals surface area contributed by atoms with E-state index in [1.54, 1.807) is 18.2 Å². The van der Waals surface area contributed by atoms with Gasteiger partial charge in [0.25, 0.3) is 0 Å². The largest absolute Gasteiger partial charge is 0.504 e. The summed E-state index contributed by atoms with van der Waals surface area (Å²) in [5, 5.41) is 20.5. The van der Waals surface area contributed by atoms with E-state index in [1.165, 1.54) is 19.4 Å². The number of phenolic OH excluding ortho intramolecular Hbond substituents is 1. The van der Waals surface area contributed by atoms with Gasteiger partial charge in [0.05, 0.1) is 17.7 Å². The van der Waals surface area contributed by atoms with Crippen LogP contribution < -0.4 is 4.74 Å². The molecular formula is C14H11FN2O4. The number of para-hydroxylation sites is 1. The summed E-state index contributed by atoms with van der Waals surface area (Å²) in [5.41, 5.74) is -0.0776. The Morgan fingerprint density at radius 2 is 2.14 bits per heavy atom. The number of halogens is 1. The number of rotatable bonds is 4. The summed E-state index contributed by atoms with van der Waals surface area (Å²) in [6.07, 6.45) is 1.31. The Bertz CT molecular complexity index is 716. The quantitative estimate of drug-likeness (QED) is 0.532. The van der Waals surface area contributed by atoms with E-state index in [2.05, 4.69) is 4.99 Å². The molecule has 2 aromatic carbocycles. The zero-order chi connectivity index (χ0) is 15.4. The second kappa shape index (κ2) is 6.00. The van der Waals surface area contributed by atoms with Crippen LogP contribution in [0.4, 0.5) is 15.8 Å². The van der Waals surface area contributed by atoms with Crippen molar-refractivity contribution in [2.45, 2.75) is 0 Å². The molecule has 0 saturated heterocycles. The van der Waals surface area contributed by atoms with Gasteiger partial charge in [-0.1, -0.05) is 6.07 Å². The molecule has 0 amide bonds. The van der Waals surface area contributed by atoms with Crippen LogP contribution in [-0.2, 0) is 0 Å². The number of nitro benzene ring substituents is 1. The first-order chi connectivity index (χ1) is 10.0. The molecule has 7 heteroatoms. The van der Waals surface area contributed by atoms with Crippen LogP contribution in [-0.4, -0.2) is 23.4 Å². The SMILES string of the molecule is COc1cccc(C=Nc2ccc(F)c([N+](=O)[O-])c2)c1O. The van der Waals surface area contributed by atoms with Crippen LogP contribution in [0.3, 0.4) is 0 Å². The fraction of sp³-hybridized carbons (Fsp3) is 0.0714. The van der Waals surface area contributed by atoms with Gasteiger partial charge in [-0.3, -0.25) is 15.1 Å². The van der Waals surface area contributed by atoms with E-state index in [-0.39, 0.29) is 17.2 Å². The lowest BCUT2D eigenvalue weighted by Gasteiger charge is -2.04. The molecule has 2 aromatic rings.